The summed E-state index contributed by atoms with van der Waals surface area (Å²) in [5.74, 6) is -0.0980. The molecule has 8 nitrogen and oxygen atoms in total. The minimum atomic E-state index is -0.915. The van der Waals surface area contributed by atoms with E-state index in [9.17, 15) is 14.0 Å². The normalized spacial score (nSPS) is 14.7. The zero-order valence-corrected chi connectivity index (χ0v) is 20.6. The van der Waals surface area contributed by atoms with Crippen LogP contribution in [-0.4, -0.2) is 29.1 Å². The van der Waals surface area contributed by atoms with Gasteiger partial charge in [0.15, 0.2) is 16.9 Å². The summed E-state index contributed by atoms with van der Waals surface area (Å²) >= 11 is 0. The fourth-order valence-electron chi connectivity index (χ4n) is 4.50. The molecule has 37 heavy (non-hydrogen) atoms. The van der Waals surface area contributed by atoms with Gasteiger partial charge in [-0.3, -0.25) is 14.5 Å². The first-order valence-corrected chi connectivity index (χ1v) is 12.3. The van der Waals surface area contributed by atoms with Gasteiger partial charge < -0.3 is 13.9 Å². The van der Waals surface area contributed by atoms with Crippen molar-refractivity contribution >= 4 is 22.8 Å². The van der Waals surface area contributed by atoms with Crippen LogP contribution in [0.2, 0.25) is 0 Å². The van der Waals surface area contributed by atoms with Crippen molar-refractivity contribution in [1.82, 2.24) is 9.97 Å². The number of nitrogens with zero attached hydrogens (tertiary/aromatic N) is 3. The van der Waals surface area contributed by atoms with E-state index >= 15 is 0 Å². The molecule has 1 amide bonds. The Bertz CT molecular complexity index is 1510. The van der Waals surface area contributed by atoms with Gasteiger partial charge >= 0.3 is 0 Å². The maximum Gasteiger partial charge on any atom is 0.297 e. The summed E-state index contributed by atoms with van der Waals surface area (Å²) in [6, 6.07) is 9.64. The average molecular weight is 504 g/mol. The van der Waals surface area contributed by atoms with E-state index < -0.39 is 23.2 Å². The number of unbranched alkanes of at least 4 members (excludes halogenated alkanes) is 2. The van der Waals surface area contributed by atoms with Crippen molar-refractivity contribution in [1.29, 1.82) is 0 Å². The number of hydrogen-bond acceptors (Lipinski definition) is 7. The molecule has 0 fully saturated rings. The monoisotopic (exact) mass is 503 g/mol. The topological polar surface area (TPSA) is 94.8 Å². The van der Waals surface area contributed by atoms with Crippen LogP contribution in [0.15, 0.2) is 64.1 Å². The zero-order chi connectivity index (χ0) is 25.9. The van der Waals surface area contributed by atoms with Crippen LogP contribution in [0.5, 0.6) is 11.5 Å². The Morgan fingerprint density at radius 1 is 1.00 bits per heavy atom. The standard InChI is InChI=1S/C28H26FN3O5/c1-3-5-6-14-36-21-10-8-17(15-22(21)35-4-2)24-23-25(33)19-16-18(29)9-11-20(19)37-26(23)27(34)32(24)28-30-12-7-13-31-28/h7-13,15-16,24H,3-6,14H2,1-2H3. The van der Waals surface area contributed by atoms with Crippen LogP contribution in [0.4, 0.5) is 10.3 Å². The number of ether oxygens (including phenoxy) is 2. The maximum atomic E-state index is 14.0. The van der Waals surface area contributed by atoms with Gasteiger partial charge in [-0.15, -0.1) is 0 Å². The number of benzene rings is 2. The molecule has 190 valence electrons. The lowest BCUT2D eigenvalue weighted by Crippen LogP contribution is -2.31. The number of carbonyl (C=O) groups excluding carboxylic acids is 1. The minimum Gasteiger partial charge on any atom is -0.490 e. The third kappa shape index (κ3) is 4.52. The van der Waals surface area contributed by atoms with E-state index in [0.717, 1.165) is 25.3 Å². The van der Waals surface area contributed by atoms with E-state index in [0.29, 0.717) is 30.3 Å². The molecule has 0 aliphatic carbocycles. The van der Waals surface area contributed by atoms with Gasteiger partial charge in [0.2, 0.25) is 11.7 Å². The second-order valence-electron chi connectivity index (χ2n) is 8.64. The number of rotatable bonds is 9. The number of halogens is 1. The molecule has 2 aromatic heterocycles. The molecule has 0 bridgehead atoms. The summed E-state index contributed by atoms with van der Waals surface area (Å²) < 4.78 is 31.7. The fraction of sp³-hybridized carbons (Fsp3) is 0.286. The lowest BCUT2D eigenvalue weighted by Gasteiger charge is -2.24. The summed E-state index contributed by atoms with van der Waals surface area (Å²) in [7, 11) is 0. The van der Waals surface area contributed by atoms with Crippen molar-refractivity contribution in [3.05, 3.63) is 87.8 Å². The van der Waals surface area contributed by atoms with Gasteiger partial charge in [-0.25, -0.2) is 14.4 Å². The third-order valence-corrected chi connectivity index (χ3v) is 6.19. The molecule has 0 saturated carbocycles. The predicted octanol–water partition coefficient (Wildman–Crippen LogP) is 5.44. The van der Waals surface area contributed by atoms with E-state index in [1.54, 1.807) is 24.3 Å². The highest BCUT2D eigenvalue weighted by molar-refractivity contribution is 6.09. The highest BCUT2D eigenvalue weighted by atomic mass is 19.1. The quantitative estimate of drug-likeness (QED) is 0.281. The zero-order valence-electron chi connectivity index (χ0n) is 20.6. The van der Waals surface area contributed by atoms with Crippen LogP contribution in [0.3, 0.4) is 0 Å². The SMILES string of the molecule is CCCCCOc1ccc(C2c3c(oc4ccc(F)cc4c3=O)C(=O)N2c2ncccn2)cc1OCC. The van der Waals surface area contributed by atoms with Crippen molar-refractivity contribution in [2.24, 2.45) is 0 Å². The lowest BCUT2D eigenvalue weighted by molar-refractivity contribution is 0.0969. The molecule has 0 saturated heterocycles. The van der Waals surface area contributed by atoms with E-state index in [2.05, 4.69) is 16.9 Å². The summed E-state index contributed by atoms with van der Waals surface area (Å²) in [5, 5.41) is 0.0493. The van der Waals surface area contributed by atoms with Crippen molar-refractivity contribution in [2.75, 3.05) is 18.1 Å². The van der Waals surface area contributed by atoms with Gasteiger partial charge in [0.25, 0.3) is 5.91 Å². The van der Waals surface area contributed by atoms with Gasteiger partial charge in [-0.05, 0) is 55.3 Å². The maximum absolute atomic E-state index is 14.0. The second kappa shape index (κ2) is 10.4. The van der Waals surface area contributed by atoms with E-state index in [-0.39, 0.29) is 28.2 Å². The average Bonchev–Trinajstić information content (AvgIpc) is 3.21. The summed E-state index contributed by atoms with van der Waals surface area (Å²) in [6.45, 7) is 4.93. The minimum absolute atomic E-state index is 0.0493. The first-order valence-electron chi connectivity index (χ1n) is 12.3. The molecular formula is C28H26FN3O5. The highest BCUT2D eigenvalue weighted by Gasteiger charge is 2.45. The van der Waals surface area contributed by atoms with Gasteiger partial charge in [0.1, 0.15) is 11.4 Å². The molecule has 1 aliphatic heterocycles. The van der Waals surface area contributed by atoms with Crippen molar-refractivity contribution in [2.45, 2.75) is 39.2 Å². The Labute approximate surface area is 212 Å². The van der Waals surface area contributed by atoms with Gasteiger partial charge in [0.05, 0.1) is 30.2 Å². The van der Waals surface area contributed by atoms with Crippen molar-refractivity contribution in [3.8, 4) is 11.5 Å². The van der Waals surface area contributed by atoms with E-state index in [1.807, 2.05) is 6.92 Å². The van der Waals surface area contributed by atoms with Gasteiger partial charge in [0, 0.05) is 12.4 Å². The molecule has 5 rings (SSSR count). The van der Waals surface area contributed by atoms with Crippen LogP contribution >= 0.6 is 0 Å². The Balaban J connectivity index is 1.67. The van der Waals surface area contributed by atoms with Gasteiger partial charge in [-0.2, -0.15) is 0 Å². The van der Waals surface area contributed by atoms with E-state index in [4.69, 9.17) is 13.9 Å². The molecule has 1 aliphatic rings. The van der Waals surface area contributed by atoms with Gasteiger partial charge in [-0.1, -0.05) is 25.8 Å². The molecule has 0 spiro atoms. The number of hydrogen-bond donors (Lipinski definition) is 0. The Morgan fingerprint density at radius 3 is 2.57 bits per heavy atom. The number of aromatic nitrogens is 2. The predicted molar refractivity (Wildman–Crippen MR) is 136 cm³/mol. The molecule has 3 heterocycles. The largest absolute Gasteiger partial charge is 0.490 e. The molecular weight excluding hydrogens is 477 g/mol. The molecule has 1 unspecified atom stereocenters. The highest BCUT2D eigenvalue weighted by Crippen LogP contribution is 2.42. The third-order valence-electron chi connectivity index (χ3n) is 6.19. The van der Waals surface area contributed by atoms with E-state index in [1.165, 1.54) is 29.4 Å². The van der Waals surface area contributed by atoms with Crippen molar-refractivity contribution in [3.63, 3.8) is 0 Å². The summed E-state index contributed by atoms with van der Waals surface area (Å²) in [6.07, 6.45) is 6.07. The molecule has 2 aromatic carbocycles. The van der Waals surface area contributed by atoms with Crippen LogP contribution in [-0.2, 0) is 0 Å². The molecule has 0 radical (unpaired) electrons. The van der Waals surface area contributed by atoms with Crippen LogP contribution in [0, 0.1) is 5.82 Å². The second-order valence-corrected chi connectivity index (χ2v) is 8.64. The Kier molecular flexibility index (Phi) is 6.85. The smallest absolute Gasteiger partial charge is 0.297 e. The van der Waals surface area contributed by atoms with Crippen LogP contribution in [0.25, 0.3) is 11.0 Å². The number of anilines is 1. The number of amides is 1. The molecule has 9 heteroatoms. The number of carbonyl (C=O) groups is 1. The lowest BCUT2D eigenvalue weighted by atomic mass is 9.98. The fourth-order valence-corrected chi connectivity index (χ4v) is 4.50. The first kappa shape index (κ1) is 24.4. The summed E-state index contributed by atoms with van der Waals surface area (Å²) in [5.41, 5.74) is 0.297. The Hall–Kier alpha value is -4.27. The van der Waals surface area contributed by atoms with Crippen LogP contribution in [0.1, 0.15) is 60.8 Å². The molecule has 0 N–H and O–H groups in total. The summed E-state index contributed by atoms with van der Waals surface area (Å²) in [4.78, 5) is 37.1. The molecule has 1 atom stereocenters. The molecule has 4 aromatic rings. The number of fused-ring (bicyclic) bond motifs is 2. The first-order chi connectivity index (χ1) is 18.0. The van der Waals surface area contributed by atoms with Crippen molar-refractivity contribution < 1.29 is 23.1 Å². The van der Waals surface area contributed by atoms with Crippen LogP contribution < -0.4 is 19.8 Å². The Morgan fingerprint density at radius 2 is 1.81 bits per heavy atom.